The first-order valence-corrected chi connectivity index (χ1v) is 6.52. The number of furan rings is 1. The second-order valence-electron chi connectivity index (χ2n) is 5.01. The summed E-state index contributed by atoms with van der Waals surface area (Å²) in [7, 11) is 1.76. The van der Waals surface area contributed by atoms with Crippen molar-refractivity contribution in [3.8, 4) is 0 Å². The van der Waals surface area contributed by atoms with Crippen LogP contribution >= 0.6 is 0 Å². The van der Waals surface area contributed by atoms with E-state index >= 15 is 0 Å². The Hall–Kier alpha value is -2.57. The van der Waals surface area contributed by atoms with Gasteiger partial charge in [-0.25, -0.2) is 4.79 Å². The predicted octanol–water partition coefficient (Wildman–Crippen LogP) is 1.76. The molecule has 0 aromatic carbocycles. The molecule has 7 nitrogen and oxygen atoms in total. The average Bonchev–Trinajstić information content (AvgIpc) is 3.02. The van der Waals surface area contributed by atoms with E-state index in [1.807, 2.05) is 13.8 Å². The van der Waals surface area contributed by atoms with Crippen molar-refractivity contribution in [1.29, 1.82) is 0 Å². The molecule has 0 fully saturated rings. The van der Waals surface area contributed by atoms with Crippen molar-refractivity contribution in [2.45, 2.75) is 26.3 Å². The molecule has 0 atom stereocenters. The van der Waals surface area contributed by atoms with Crippen LogP contribution in [0.4, 0.5) is 0 Å². The predicted molar refractivity (Wildman–Crippen MR) is 74.1 cm³/mol. The van der Waals surface area contributed by atoms with Gasteiger partial charge in [0.25, 0.3) is 5.91 Å². The molecule has 0 saturated carbocycles. The fraction of sp³-hybridized carbons (Fsp3) is 0.357. The van der Waals surface area contributed by atoms with Crippen molar-refractivity contribution < 1.29 is 19.1 Å². The molecule has 7 heteroatoms. The van der Waals surface area contributed by atoms with Gasteiger partial charge in [-0.2, -0.15) is 5.10 Å². The topological polar surface area (TPSA) is 97.4 Å². The van der Waals surface area contributed by atoms with E-state index in [1.165, 1.54) is 12.1 Å². The number of carboxylic acid groups (broad SMARTS) is 1. The zero-order valence-electron chi connectivity index (χ0n) is 12.1. The van der Waals surface area contributed by atoms with Crippen LogP contribution in [0.1, 0.15) is 52.1 Å². The molecule has 112 valence electrons. The van der Waals surface area contributed by atoms with Gasteiger partial charge in [-0.1, -0.05) is 13.8 Å². The van der Waals surface area contributed by atoms with E-state index in [1.54, 1.807) is 17.9 Å². The lowest BCUT2D eigenvalue weighted by molar-refractivity contribution is 0.0660. The molecule has 2 aromatic rings. The average molecular weight is 291 g/mol. The Kier molecular flexibility index (Phi) is 4.11. The van der Waals surface area contributed by atoms with E-state index in [0.29, 0.717) is 11.3 Å². The summed E-state index contributed by atoms with van der Waals surface area (Å²) < 4.78 is 6.68. The van der Waals surface area contributed by atoms with Gasteiger partial charge in [0.05, 0.1) is 17.8 Å². The number of aromatic nitrogens is 2. The van der Waals surface area contributed by atoms with Gasteiger partial charge in [-0.3, -0.25) is 9.48 Å². The number of amides is 1. The summed E-state index contributed by atoms with van der Waals surface area (Å²) in [6.45, 7) is 4.05. The van der Waals surface area contributed by atoms with Gasteiger partial charge in [0.1, 0.15) is 5.76 Å². The van der Waals surface area contributed by atoms with Gasteiger partial charge in [0.15, 0.2) is 0 Å². The number of nitrogens with one attached hydrogen (secondary N) is 1. The van der Waals surface area contributed by atoms with E-state index in [2.05, 4.69) is 10.4 Å². The molecule has 0 aliphatic rings. The van der Waals surface area contributed by atoms with Crippen LogP contribution in [0.2, 0.25) is 0 Å². The SMILES string of the molecule is CC(C)c1nn(C)cc1C(=O)NCc1ccc(C(=O)O)o1. The highest BCUT2D eigenvalue weighted by Gasteiger charge is 2.18. The second-order valence-corrected chi connectivity index (χ2v) is 5.01. The zero-order valence-corrected chi connectivity index (χ0v) is 12.1. The number of hydrogen-bond donors (Lipinski definition) is 2. The largest absolute Gasteiger partial charge is 0.475 e. The Labute approximate surface area is 121 Å². The molecule has 21 heavy (non-hydrogen) atoms. The Bertz CT molecular complexity index is 670. The summed E-state index contributed by atoms with van der Waals surface area (Å²) in [6.07, 6.45) is 1.66. The van der Waals surface area contributed by atoms with Crippen LogP contribution in [0.5, 0.6) is 0 Å². The third-order valence-electron chi connectivity index (χ3n) is 2.94. The summed E-state index contributed by atoms with van der Waals surface area (Å²) in [6, 6.07) is 2.88. The molecule has 0 spiro atoms. The maximum absolute atomic E-state index is 12.2. The number of carbonyl (C=O) groups excluding carboxylic acids is 1. The van der Waals surface area contributed by atoms with Crippen LogP contribution in [0, 0.1) is 0 Å². The molecular formula is C14H17N3O4. The number of aromatic carboxylic acids is 1. The van der Waals surface area contributed by atoms with Gasteiger partial charge in [-0.05, 0) is 18.1 Å². The van der Waals surface area contributed by atoms with Gasteiger partial charge < -0.3 is 14.8 Å². The van der Waals surface area contributed by atoms with Gasteiger partial charge >= 0.3 is 5.97 Å². The number of nitrogens with zero attached hydrogens (tertiary/aromatic N) is 2. The molecule has 0 unspecified atom stereocenters. The highest BCUT2D eigenvalue weighted by molar-refractivity contribution is 5.95. The van der Waals surface area contributed by atoms with Crippen LogP contribution in [0.3, 0.4) is 0 Å². The maximum Gasteiger partial charge on any atom is 0.371 e. The Morgan fingerprint density at radius 1 is 1.43 bits per heavy atom. The molecule has 2 N–H and O–H groups in total. The second kappa shape index (κ2) is 5.82. The highest BCUT2D eigenvalue weighted by atomic mass is 16.4. The first-order chi connectivity index (χ1) is 9.88. The van der Waals surface area contributed by atoms with Crippen LogP contribution in [-0.4, -0.2) is 26.8 Å². The van der Waals surface area contributed by atoms with E-state index < -0.39 is 5.97 Å². The van der Waals surface area contributed by atoms with Gasteiger partial charge in [0.2, 0.25) is 5.76 Å². The fourth-order valence-electron chi connectivity index (χ4n) is 1.96. The van der Waals surface area contributed by atoms with Gasteiger partial charge in [-0.15, -0.1) is 0 Å². The zero-order chi connectivity index (χ0) is 15.6. The summed E-state index contributed by atoms with van der Waals surface area (Å²) in [4.78, 5) is 22.9. The Morgan fingerprint density at radius 2 is 2.14 bits per heavy atom. The van der Waals surface area contributed by atoms with Crippen molar-refractivity contribution in [3.05, 3.63) is 41.1 Å². The Balaban J connectivity index is 2.06. The van der Waals surface area contributed by atoms with Crippen molar-refractivity contribution in [1.82, 2.24) is 15.1 Å². The number of rotatable bonds is 5. The quantitative estimate of drug-likeness (QED) is 0.875. The number of hydrogen-bond acceptors (Lipinski definition) is 4. The minimum atomic E-state index is -1.14. The molecule has 2 aromatic heterocycles. The van der Waals surface area contributed by atoms with Crippen molar-refractivity contribution in [2.75, 3.05) is 0 Å². The maximum atomic E-state index is 12.2. The third kappa shape index (κ3) is 3.31. The number of aryl methyl sites for hydroxylation is 1. The van der Waals surface area contributed by atoms with Crippen molar-refractivity contribution in [3.63, 3.8) is 0 Å². The molecular weight excluding hydrogens is 274 g/mol. The summed E-state index contributed by atoms with van der Waals surface area (Å²) in [5.41, 5.74) is 1.23. The lowest BCUT2D eigenvalue weighted by Gasteiger charge is -2.05. The summed E-state index contributed by atoms with van der Waals surface area (Å²) >= 11 is 0. The van der Waals surface area contributed by atoms with E-state index in [-0.39, 0.29) is 24.1 Å². The van der Waals surface area contributed by atoms with Crippen LogP contribution in [0.25, 0.3) is 0 Å². The standard InChI is InChI=1S/C14H17N3O4/c1-8(2)12-10(7-17(3)16-12)13(18)15-6-9-4-5-11(21-9)14(19)20/h4-5,7-8H,6H2,1-3H3,(H,15,18)(H,19,20). The van der Waals surface area contributed by atoms with Crippen molar-refractivity contribution >= 4 is 11.9 Å². The minimum Gasteiger partial charge on any atom is -0.475 e. The number of carbonyl (C=O) groups is 2. The molecule has 0 saturated heterocycles. The lowest BCUT2D eigenvalue weighted by atomic mass is 10.1. The summed E-state index contributed by atoms with van der Waals surface area (Å²) in [5, 5.41) is 15.7. The molecule has 1 amide bonds. The monoisotopic (exact) mass is 291 g/mol. The van der Waals surface area contributed by atoms with Crippen LogP contribution in [0.15, 0.2) is 22.7 Å². The number of carboxylic acids is 1. The third-order valence-corrected chi connectivity index (χ3v) is 2.94. The molecule has 2 rings (SSSR count). The van der Waals surface area contributed by atoms with E-state index in [4.69, 9.17) is 9.52 Å². The fourth-order valence-corrected chi connectivity index (χ4v) is 1.96. The molecule has 0 radical (unpaired) electrons. The lowest BCUT2D eigenvalue weighted by Crippen LogP contribution is -2.23. The molecule has 2 heterocycles. The first-order valence-electron chi connectivity index (χ1n) is 6.52. The summed E-state index contributed by atoms with van der Waals surface area (Å²) in [5.74, 6) is -1.03. The van der Waals surface area contributed by atoms with Crippen LogP contribution < -0.4 is 5.32 Å². The first kappa shape index (κ1) is 14.8. The molecule has 0 bridgehead atoms. The molecule has 0 aliphatic carbocycles. The van der Waals surface area contributed by atoms with E-state index in [0.717, 1.165) is 5.69 Å². The van der Waals surface area contributed by atoms with Gasteiger partial charge in [0, 0.05) is 13.2 Å². The minimum absolute atomic E-state index is 0.124. The normalized spacial score (nSPS) is 10.9. The van der Waals surface area contributed by atoms with Crippen molar-refractivity contribution in [2.24, 2.45) is 7.05 Å². The molecule has 0 aliphatic heterocycles. The van der Waals surface area contributed by atoms with Crippen LogP contribution in [-0.2, 0) is 13.6 Å². The Morgan fingerprint density at radius 3 is 2.71 bits per heavy atom. The highest BCUT2D eigenvalue weighted by Crippen LogP contribution is 2.17. The van der Waals surface area contributed by atoms with E-state index in [9.17, 15) is 9.59 Å². The smallest absolute Gasteiger partial charge is 0.371 e.